The van der Waals surface area contributed by atoms with E-state index in [2.05, 4.69) is 5.92 Å². The van der Waals surface area contributed by atoms with Crippen LogP contribution in [0.25, 0.3) is 0 Å². The molecule has 0 atom stereocenters. The lowest BCUT2D eigenvalue weighted by molar-refractivity contribution is -0.140. The van der Waals surface area contributed by atoms with E-state index in [1.807, 2.05) is 27.7 Å². The fourth-order valence-corrected chi connectivity index (χ4v) is 1.93. The SMILES string of the molecule is C#CCN(CC(=O)O)CC(=O)N(C(C)C)C(C)C. The summed E-state index contributed by atoms with van der Waals surface area (Å²) in [5.41, 5.74) is 0. The van der Waals surface area contributed by atoms with Crippen molar-refractivity contribution in [2.24, 2.45) is 0 Å². The molecular weight excluding hydrogens is 232 g/mol. The minimum atomic E-state index is -0.987. The Morgan fingerprint density at radius 2 is 1.67 bits per heavy atom. The Hall–Kier alpha value is -1.54. The topological polar surface area (TPSA) is 60.9 Å². The van der Waals surface area contributed by atoms with Crippen molar-refractivity contribution in [3.63, 3.8) is 0 Å². The van der Waals surface area contributed by atoms with Crippen LogP contribution in [-0.4, -0.2) is 58.5 Å². The second kappa shape index (κ2) is 7.72. The van der Waals surface area contributed by atoms with Crippen molar-refractivity contribution < 1.29 is 14.7 Å². The molecule has 0 fully saturated rings. The summed E-state index contributed by atoms with van der Waals surface area (Å²) in [4.78, 5) is 26.0. The van der Waals surface area contributed by atoms with E-state index in [4.69, 9.17) is 11.5 Å². The van der Waals surface area contributed by atoms with Crippen LogP contribution in [0.15, 0.2) is 0 Å². The second-order valence-electron chi connectivity index (χ2n) is 4.73. The van der Waals surface area contributed by atoms with Gasteiger partial charge in [-0.25, -0.2) is 0 Å². The van der Waals surface area contributed by atoms with E-state index in [9.17, 15) is 9.59 Å². The van der Waals surface area contributed by atoms with Crippen molar-refractivity contribution in [1.82, 2.24) is 9.80 Å². The maximum Gasteiger partial charge on any atom is 0.317 e. The number of aliphatic carboxylic acids is 1. The molecule has 0 spiro atoms. The predicted molar refractivity (Wildman–Crippen MR) is 70.0 cm³/mol. The minimum absolute atomic E-state index is 0.0346. The molecular formula is C13H22N2O3. The first kappa shape index (κ1) is 16.5. The second-order valence-corrected chi connectivity index (χ2v) is 4.73. The van der Waals surface area contributed by atoms with E-state index in [0.29, 0.717) is 0 Å². The Kier molecular flexibility index (Phi) is 7.06. The number of carboxylic acids is 1. The molecule has 0 aliphatic carbocycles. The number of amides is 1. The lowest BCUT2D eigenvalue weighted by Crippen LogP contribution is -2.48. The van der Waals surface area contributed by atoms with Gasteiger partial charge >= 0.3 is 5.97 Å². The monoisotopic (exact) mass is 254 g/mol. The van der Waals surface area contributed by atoms with Crippen LogP contribution < -0.4 is 0 Å². The molecule has 0 heterocycles. The number of carboxylic acid groups (broad SMARTS) is 1. The first-order valence-corrected chi connectivity index (χ1v) is 5.98. The average Bonchev–Trinajstić information content (AvgIpc) is 2.14. The Morgan fingerprint density at radius 1 is 1.17 bits per heavy atom. The molecule has 0 radical (unpaired) electrons. The zero-order valence-electron chi connectivity index (χ0n) is 11.5. The lowest BCUT2D eigenvalue weighted by atomic mass is 10.2. The third-order valence-electron chi connectivity index (χ3n) is 2.43. The summed E-state index contributed by atoms with van der Waals surface area (Å²) in [6.07, 6.45) is 5.17. The molecule has 1 N–H and O–H groups in total. The summed E-state index contributed by atoms with van der Waals surface area (Å²) < 4.78 is 0. The van der Waals surface area contributed by atoms with Gasteiger partial charge in [0.05, 0.1) is 19.6 Å². The van der Waals surface area contributed by atoms with Gasteiger partial charge < -0.3 is 10.0 Å². The Labute approximate surface area is 109 Å². The highest BCUT2D eigenvalue weighted by atomic mass is 16.4. The number of hydrogen-bond acceptors (Lipinski definition) is 3. The zero-order valence-corrected chi connectivity index (χ0v) is 11.5. The first-order valence-electron chi connectivity index (χ1n) is 5.98. The van der Waals surface area contributed by atoms with Gasteiger partial charge in [-0.05, 0) is 27.7 Å². The van der Waals surface area contributed by atoms with Gasteiger partial charge in [-0.3, -0.25) is 14.5 Å². The van der Waals surface area contributed by atoms with Gasteiger partial charge in [0.15, 0.2) is 0 Å². The van der Waals surface area contributed by atoms with Gasteiger partial charge in [0, 0.05) is 12.1 Å². The summed E-state index contributed by atoms with van der Waals surface area (Å²) in [5, 5.41) is 8.75. The van der Waals surface area contributed by atoms with Crippen LogP contribution in [0.4, 0.5) is 0 Å². The van der Waals surface area contributed by atoms with E-state index < -0.39 is 5.97 Å². The van der Waals surface area contributed by atoms with Crippen LogP contribution in [0, 0.1) is 12.3 Å². The van der Waals surface area contributed by atoms with Crippen LogP contribution in [-0.2, 0) is 9.59 Å². The van der Waals surface area contributed by atoms with Gasteiger partial charge in [-0.15, -0.1) is 6.42 Å². The fourth-order valence-electron chi connectivity index (χ4n) is 1.93. The van der Waals surface area contributed by atoms with Gasteiger partial charge in [-0.2, -0.15) is 0 Å². The number of carbonyl (C=O) groups excluding carboxylic acids is 1. The normalized spacial score (nSPS) is 10.8. The highest BCUT2D eigenvalue weighted by Crippen LogP contribution is 2.06. The van der Waals surface area contributed by atoms with Crippen LogP contribution in [0.2, 0.25) is 0 Å². The molecule has 102 valence electrons. The summed E-state index contributed by atoms with van der Waals surface area (Å²) in [6.45, 7) is 7.69. The van der Waals surface area contributed by atoms with E-state index >= 15 is 0 Å². The molecule has 5 nitrogen and oxygen atoms in total. The molecule has 0 bridgehead atoms. The van der Waals surface area contributed by atoms with Crippen molar-refractivity contribution in [1.29, 1.82) is 0 Å². The van der Waals surface area contributed by atoms with Gasteiger partial charge in [0.2, 0.25) is 5.91 Å². The van der Waals surface area contributed by atoms with Crippen molar-refractivity contribution in [2.45, 2.75) is 39.8 Å². The molecule has 1 amide bonds. The molecule has 0 aliphatic heterocycles. The average molecular weight is 254 g/mol. The Morgan fingerprint density at radius 3 is 2.00 bits per heavy atom. The summed E-state index contributed by atoms with van der Waals surface area (Å²) in [5.74, 6) is 1.28. The third kappa shape index (κ3) is 5.69. The number of terminal acetylenes is 1. The molecule has 0 aromatic carbocycles. The molecule has 0 aromatic rings. The summed E-state index contributed by atoms with van der Waals surface area (Å²) in [6, 6.07) is 0.157. The first-order chi connectivity index (χ1) is 8.29. The predicted octanol–water partition coefficient (Wildman–Crippen LogP) is 0.652. The molecule has 0 saturated carbocycles. The van der Waals surface area contributed by atoms with Crippen molar-refractivity contribution >= 4 is 11.9 Å². The maximum atomic E-state index is 12.1. The van der Waals surface area contributed by atoms with Crippen molar-refractivity contribution in [2.75, 3.05) is 19.6 Å². The number of hydrogen-bond donors (Lipinski definition) is 1. The van der Waals surface area contributed by atoms with Gasteiger partial charge in [0.1, 0.15) is 0 Å². The highest BCUT2D eigenvalue weighted by molar-refractivity contribution is 5.79. The minimum Gasteiger partial charge on any atom is -0.480 e. The van der Waals surface area contributed by atoms with Gasteiger partial charge in [-0.1, -0.05) is 5.92 Å². The van der Waals surface area contributed by atoms with E-state index in [1.165, 1.54) is 4.90 Å². The molecule has 0 rings (SSSR count). The van der Waals surface area contributed by atoms with Crippen LogP contribution >= 0.6 is 0 Å². The van der Waals surface area contributed by atoms with E-state index in [-0.39, 0.29) is 37.6 Å². The highest BCUT2D eigenvalue weighted by Gasteiger charge is 2.22. The summed E-state index contributed by atoms with van der Waals surface area (Å²) >= 11 is 0. The van der Waals surface area contributed by atoms with Gasteiger partial charge in [0.25, 0.3) is 0 Å². The number of nitrogens with zero attached hydrogens (tertiary/aromatic N) is 2. The molecule has 5 heteroatoms. The largest absolute Gasteiger partial charge is 0.480 e. The fraction of sp³-hybridized carbons (Fsp3) is 0.692. The smallest absolute Gasteiger partial charge is 0.317 e. The third-order valence-corrected chi connectivity index (χ3v) is 2.43. The quantitative estimate of drug-likeness (QED) is 0.678. The van der Waals surface area contributed by atoms with Crippen molar-refractivity contribution in [3.05, 3.63) is 0 Å². The van der Waals surface area contributed by atoms with E-state index in [1.54, 1.807) is 4.90 Å². The Balaban J connectivity index is 4.66. The van der Waals surface area contributed by atoms with Crippen LogP contribution in [0.5, 0.6) is 0 Å². The molecule has 0 unspecified atom stereocenters. The molecule has 0 aliphatic rings. The Bertz CT molecular complexity index is 324. The van der Waals surface area contributed by atoms with Crippen LogP contribution in [0.1, 0.15) is 27.7 Å². The standard InChI is InChI=1S/C13H22N2O3/c1-6-7-14(9-13(17)18)8-12(16)15(10(2)3)11(4)5/h1,10-11H,7-9H2,2-5H3,(H,17,18). The molecule has 18 heavy (non-hydrogen) atoms. The maximum absolute atomic E-state index is 12.1. The van der Waals surface area contributed by atoms with Crippen molar-refractivity contribution in [3.8, 4) is 12.3 Å². The zero-order chi connectivity index (χ0) is 14.3. The number of rotatable bonds is 7. The molecule has 0 saturated heterocycles. The lowest BCUT2D eigenvalue weighted by Gasteiger charge is -2.32. The number of carbonyl (C=O) groups is 2. The van der Waals surface area contributed by atoms with E-state index in [0.717, 1.165) is 0 Å². The van der Waals surface area contributed by atoms with Crippen LogP contribution in [0.3, 0.4) is 0 Å². The summed E-state index contributed by atoms with van der Waals surface area (Å²) in [7, 11) is 0. The molecule has 0 aromatic heterocycles.